The molecule has 2 heterocycles. The molecule has 0 saturated carbocycles. The fourth-order valence-corrected chi connectivity index (χ4v) is 3.29. The van der Waals surface area contributed by atoms with E-state index in [1.165, 1.54) is 16.7 Å². The monoisotopic (exact) mass is 319 g/mol. The molecule has 1 aromatic rings. The number of ether oxygens (including phenoxy) is 2. The number of hydrogen-bond acceptors (Lipinski definition) is 3. The van der Waals surface area contributed by atoms with Crippen molar-refractivity contribution in [1.82, 2.24) is 0 Å². The summed E-state index contributed by atoms with van der Waals surface area (Å²) in [5.74, 6) is 2.08. The largest absolute Gasteiger partial charge is 0.493 e. The number of rotatable bonds is 2. The zero-order valence-corrected chi connectivity index (χ0v) is 11.8. The summed E-state index contributed by atoms with van der Waals surface area (Å²) in [5, 5.41) is 0. The number of halogens is 2. The predicted molar refractivity (Wildman–Crippen MR) is 72.5 cm³/mol. The normalized spacial score (nSPS) is 15.6. The van der Waals surface area contributed by atoms with E-state index in [2.05, 4.69) is 15.9 Å². The molecule has 1 aromatic carbocycles. The van der Waals surface area contributed by atoms with Crippen LogP contribution in [0.25, 0.3) is 0 Å². The molecule has 0 aliphatic carbocycles. The molecule has 0 amide bonds. The van der Waals surface area contributed by atoms with E-state index in [9.17, 15) is 0 Å². The van der Waals surface area contributed by atoms with Crippen LogP contribution in [-0.2, 0) is 19.3 Å². The lowest BCUT2D eigenvalue weighted by atomic mass is 9.97. The number of nitrogens with two attached hydrogens (primary N) is 1. The van der Waals surface area contributed by atoms with Crippen LogP contribution in [0.4, 0.5) is 0 Å². The Morgan fingerprint density at radius 3 is 2.41 bits per heavy atom. The van der Waals surface area contributed by atoms with Gasteiger partial charge in [0.15, 0.2) is 0 Å². The van der Waals surface area contributed by atoms with E-state index >= 15 is 0 Å². The Bertz CT molecular complexity index is 416. The molecule has 0 radical (unpaired) electrons. The van der Waals surface area contributed by atoms with E-state index in [-0.39, 0.29) is 12.4 Å². The van der Waals surface area contributed by atoms with Crippen LogP contribution in [0.2, 0.25) is 0 Å². The first kappa shape index (κ1) is 13.0. The zero-order valence-electron chi connectivity index (χ0n) is 9.42. The molecular formula is C12H15BrClNO2. The maximum absolute atomic E-state index is 5.75. The Morgan fingerprint density at radius 1 is 1.06 bits per heavy atom. The van der Waals surface area contributed by atoms with Gasteiger partial charge in [0.1, 0.15) is 11.5 Å². The molecule has 2 aliphatic heterocycles. The molecule has 94 valence electrons. The van der Waals surface area contributed by atoms with E-state index in [1.54, 1.807) is 0 Å². The molecule has 0 saturated heterocycles. The highest BCUT2D eigenvalue weighted by Gasteiger charge is 2.29. The van der Waals surface area contributed by atoms with Crippen molar-refractivity contribution in [2.75, 3.05) is 19.8 Å². The van der Waals surface area contributed by atoms with Crippen molar-refractivity contribution in [3.63, 3.8) is 0 Å². The van der Waals surface area contributed by atoms with Crippen molar-refractivity contribution in [3.05, 3.63) is 21.2 Å². The minimum absolute atomic E-state index is 0. The average molecular weight is 321 g/mol. The van der Waals surface area contributed by atoms with Crippen LogP contribution in [-0.4, -0.2) is 19.8 Å². The van der Waals surface area contributed by atoms with Crippen molar-refractivity contribution in [3.8, 4) is 11.5 Å². The molecule has 0 atom stereocenters. The quantitative estimate of drug-likeness (QED) is 0.909. The second-order valence-corrected chi connectivity index (χ2v) is 4.94. The third kappa shape index (κ3) is 1.92. The van der Waals surface area contributed by atoms with Crippen molar-refractivity contribution in [2.45, 2.75) is 19.3 Å². The van der Waals surface area contributed by atoms with E-state index in [0.29, 0.717) is 6.54 Å². The minimum atomic E-state index is 0. The molecule has 2 N–H and O–H groups in total. The summed E-state index contributed by atoms with van der Waals surface area (Å²) in [4.78, 5) is 0. The number of hydrogen-bond donors (Lipinski definition) is 1. The molecule has 3 rings (SSSR count). The first-order valence-corrected chi connectivity index (χ1v) is 6.44. The second kappa shape index (κ2) is 5.04. The van der Waals surface area contributed by atoms with Crippen LogP contribution in [0.3, 0.4) is 0 Å². The van der Waals surface area contributed by atoms with Gasteiger partial charge < -0.3 is 15.2 Å². The van der Waals surface area contributed by atoms with Gasteiger partial charge in [-0.15, -0.1) is 12.4 Å². The molecular weight excluding hydrogens is 305 g/mol. The summed E-state index contributed by atoms with van der Waals surface area (Å²) in [6, 6.07) is 0. The highest BCUT2D eigenvalue weighted by Crippen LogP contribution is 2.47. The maximum atomic E-state index is 5.75. The van der Waals surface area contributed by atoms with Gasteiger partial charge in [-0.05, 0) is 28.9 Å². The van der Waals surface area contributed by atoms with E-state index < -0.39 is 0 Å². The lowest BCUT2D eigenvalue weighted by Gasteiger charge is -2.14. The summed E-state index contributed by atoms with van der Waals surface area (Å²) >= 11 is 3.63. The fourth-order valence-electron chi connectivity index (χ4n) is 2.56. The maximum Gasteiger partial charge on any atom is 0.137 e. The molecule has 2 aliphatic rings. The second-order valence-electron chi connectivity index (χ2n) is 4.14. The standard InChI is InChI=1S/C12H14BrNO2.ClH/c13-10-9-3-6-15-11(9)7(1-4-14)8-2-5-16-12(8)10;/h1-6,14H2;1H. The average Bonchev–Trinajstić information content (AvgIpc) is 2.92. The summed E-state index contributed by atoms with van der Waals surface area (Å²) < 4.78 is 12.5. The zero-order chi connectivity index (χ0) is 11.1. The first-order valence-electron chi connectivity index (χ1n) is 5.64. The van der Waals surface area contributed by atoms with Crippen molar-refractivity contribution in [2.24, 2.45) is 5.73 Å². The number of benzene rings is 1. The van der Waals surface area contributed by atoms with Gasteiger partial charge in [-0.25, -0.2) is 0 Å². The Hall–Kier alpha value is -0.450. The van der Waals surface area contributed by atoms with Gasteiger partial charge in [-0.1, -0.05) is 0 Å². The van der Waals surface area contributed by atoms with Crippen LogP contribution in [0.1, 0.15) is 16.7 Å². The van der Waals surface area contributed by atoms with Gasteiger partial charge in [0, 0.05) is 29.5 Å². The molecule has 0 unspecified atom stereocenters. The van der Waals surface area contributed by atoms with Gasteiger partial charge in [0.2, 0.25) is 0 Å². The van der Waals surface area contributed by atoms with Crippen molar-refractivity contribution < 1.29 is 9.47 Å². The summed E-state index contributed by atoms with van der Waals surface area (Å²) in [5.41, 5.74) is 9.49. The molecule has 5 heteroatoms. The van der Waals surface area contributed by atoms with Crippen LogP contribution in [0.15, 0.2) is 4.47 Å². The first-order chi connectivity index (χ1) is 7.83. The van der Waals surface area contributed by atoms with Gasteiger partial charge in [-0.3, -0.25) is 0 Å². The summed E-state index contributed by atoms with van der Waals surface area (Å²) in [7, 11) is 0. The Labute approximate surface area is 115 Å². The molecule has 0 spiro atoms. The molecule has 17 heavy (non-hydrogen) atoms. The number of fused-ring (bicyclic) bond motifs is 2. The highest BCUT2D eigenvalue weighted by atomic mass is 79.9. The van der Waals surface area contributed by atoms with Crippen LogP contribution in [0.5, 0.6) is 11.5 Å². The topological polar surface area (TPSA) is 44.5 Å². The SMILES string of the molecule is Cl.NCCc1c2c(c(Br)c3c1OCC3)OCC2. The van der Waals surface area contributed by atoms with Gasteiger partial charge in [0.05, 0.1) is 17.7 Å². The van der Waals surface area contributed by atoms with Crippen LogP contribution in [0, 0.1) is 0 Å². The van der Waals surface area contributed by atoms with Crippen LogP contribution < -0.4 is 15.2 Å². The van der Waals surface area contributed by atoms with Gasteiger partial charge in [0.25, 0.3) is 0 Å². The fraction of sp³-hybridized carbons (Fsp3) is 0.500. The molecule has 0 bridgehead atoms. The van der Waals surface area contributed by atoms with Crippen LogP contribution >= 0.6 is 28.3 Å². The minimum Gasteiger partial charge on any atom is -0.493 e. The van der Waals surface area contributed by atoms with Gasteiger partial charge >= 0.3 is 0 Å². The van der Waals surface area contributed by atoms with E-state index in [1.807, 2.05) is 0 Å². The highest BCUT2D eigenvalue weighted by molar-refractivity contribution is 9.10. The Morgan fingerprint density at radius 2 is 1.71 bits per heavy atom. The molecule has 0 fully saturated rings. The Kier molecular flexibility index (Phi) is 3.85. The summed E-state index contributed by atoms with van der Waals surface area (Å²) in [6.07, 6.45) is 2.81. The molecule has 3 nitrogen and oxygen atoms in total. The Balaban J connectivity index is 0.00000108. The van der Waals surface area contributed by atoms with Crippen molar-refractivity contribution in [1.29, 1.82) is 0 Å². The predicted octanol–water partition coefficient (Wildman–Crippen LogP) is 2.24. The smallest absolute Gasteiger partial charge is 0.137 e. The van der Waals surface area contributed by atoms with Crippen molar-refractivity contribution >= 4 is 28.3 Å². The van der Waals surface area contributed by atoms with E-state index in [4.69, 9.17) is 15.2 Å². The lowest BCUT2D eigenvalue weighted by Crippen LogP contribution is -2.06. The third-order valence-electron chi connectivity index (χ3n) is 3.24. The summed E-state index contributed by atoms with van der Waals surface area (Å²) in [6.45, 7) is 2.20. The van der Waals surface area contributed by atoms with E-state index in [0.717, 1.165) is 48.4 Å². The third-order valence-corrected chi connectivity index (χ3v) is 4.08. The molecule has 0 aromatic heterocycles. The van der Waals surface area contributed by atoms with Gasteiger partial charge in [-0.2, -0.15) is 0 Å². The lowest BCUT2D eigenvalue weighted by molar-refractivity contribution is 0.353.